The van der Waals surface area contributed by atoms with Gasteiger partial charge in [0.25, 0.3) is 5.91 Å². The van der Waals surface area contributed by atoms with Crippen molar-refractivity contribution in [1.82, 2.24) is 10.2 Å². The average molecular weight is 327 g/mol. The quantitative estimate of drug-likeness (QED) is 0.815. The Morgan fingerprint density at radius 1 is 1.38 bits per heavy atom. The highest BCUT2D eigenvalue weighted by Crippen LogP contribution is 2.21. The Balaban J connectivity index is 2.14. The summed E-state index contributed by atoms with van der Waals surface area (Å²) < 4.78 is 0. The zero-order chi connectivity index (χ0) is 17.5. The lowest BCUT2D eigenvalue weighted by atomic mass is 10.0. The van der Waals surface area contributed by atoms with Gasteiger partial charge in [-0.25, -0.2) is 0 Å². The van der Waals surface area contributed by atoms with Gasteiger partial charge in [-0.2, -0.15) is 0 Å². The molecule has 1 fully saturated rings. The summed E-state index contributed by atoms with van der Waals surface area (Å²) in [5, 5.41) is 5.74. The highest BCUT2D eigenvalue weighted by Gasteiger charge is 2.28. The van der Waals surface area contributed by atoms with Gasteiger partial charge in [-0.15, -0.1) is 6.42 Å². The van der Waals surface area contributed by atoms with Gasteiger partial charge in [0.1, 0.15) is 0 Å². The van der Waals surface area contributed by atoms with Crippen LogP contribution in [0.4, 0.5) is 5.69 Å². The van der Waals surface area contributed by atoms with Crippen molar-refractivity contribution in [3.8, 4) is 12.3 Å². The number of piperidine rings is 1. The number of hydrogen-bond donors (Lipinski definition) is 2. The molecule has 128 valence electrons. The van der Waals surface area contributed by atoms with E-state index < -0.39 is 0 Å². The minimum atomic E-state index is -0.206. The summed E-state index contributed by atoms with van der Waals surface area (Å²) >= 11 is 0. The Labute approximate surface area is 143 Å². The SMILES string of the molecule is C#CCN1CCCC[C@H]1C(=O)Nc1cc(C(=O)NCC)ccc1C. The van der Waals surface area contributed by atoms with Crippen LogP contribution >= 0.6 is 0 Å². The Morgan fingerprint density at radius 3 is 2.88 bits per heavy atom. The first kappa shape index (κ1) is 18.0. The number of nitrogens with zero attached hydrogens (tertiary/aromatic N) is 1. The lowest BCUT2D eigenvalue weighted by Crippen LogP contribution is -2.47. The fourth-order valence-corrected chi connectivity index (χ4v) is 2.97. The first-order valence-electron chi connectivity index (χ1n) is 8.44. The maximum Gasteiger partial charge on any atom is 0.251 e. The summed E-state index contributed by atoms with van der Waals surface area (Å²) in [6, 6.07) is 5.14. The van der Waals surface area contributed by atoms with Gasteiger partial charge >= 0.3 is 0 Å². The standard InChI is InChI=1S/C19H25N3O2/c1-4-11-22-12-7-6-8-17(22)19(24)21-16-13-15(10-9-14(16)3)18(23)20-5-2/h1,9-10,13,17H,5-8,11-12H2,2-3H3,(H,20,23)(H,21,24)/t17-/m0/s1. The largest absolute Gasteiger partial charge is 0.352 e. The van der Waals surface area contributed by atoms with Gasteiger partial charge in [0.05, 0.1) is 12.6 Å². The number of anilines is 1. The summed E-state index contributed by atoms with van der Waals surface area (Å²) in [5.74, 6) is 2.43. The number of nitrogens with one attached hydrogen (secondary N) is 2. The van der Waals surface area contributed by atoms with Crippen LogP contribution in [0.2, 0.25) is 0 Å². The molecule has 1 saturated heterocycles. The van der Waals surface area contributed by atoms with Gasteiger partial charge in [0, 0.05) is 17.8 Å². The molecule has 0 aromatic heterocycles. The van der Waals surface area contributed by atoms with E-state index in [1.165, 1.54) is 0 Å². The van der Waals surface area contributed by atoms with Crippen molar-refractivity contribution in [2.45, 2.75) is 39.2 Å². The van der Waals surface area contributed by atoms with Crippen molar-refractivity contribution in [1.29, 1.82) is 0 Å². The van der Waals surface area contributed by atoms with Crippen LogP contribution in [0.5, 0.6) is 0 Å². The van der Waals surface area contributed by atoms with Crippen molar-refractivity contribution in [2.24, 2.45) is 0 Å². The van der Waals surface area contributed by atoms with E-state index in [2.05, 4.69) is 16.6 Å². The average Bonchev–Trinajstić information content (AvgIpc) is 2.57. The van der Waals surface area contributed by atoms with Crippen LogP contribution in [-0.4, -0.2) is 42.4 Å². The zero-order valence-corrected chi connectivity index (χ0v) is 14.4. The number of likely N-dealkylation sites (tertiary alicyclic amines) is 1. The normalized spacial score (nSPS) is 17.8. The van der Waals surface area contributed by atoms with Gasteiger partial charge in [0.2, 0.25) is 5.91 Å². The van der Waals surface area contributed by atoms with Crippen LogP contribution in [0, 0.1) is 19.3 Å². The van der Waals surface area contributed by atoms with Crippen LogP contribution in [0.3, 0.4) is 0 Å². The first-order chi connectivity index (χ1) is 11.6. The van der Waals surface area contributed by atoms with Crippen LogP contribution in [0.1, 0.15) is 42.1 Å². The fraction of sp³-hybridized carbons (Fsp3) is 0.474. The lowest BCUT2D eigenvalue weighted by molar-refractivity contribution is -0.122. The third-order valence-electron chi connectivity index (χ3n) is 4.31. The molecule has 2 rings (SSSR count). The second-order valence-corrected chi connectivity index (χ2v) is 6.06. The van der Waals surface area contributed by atoms with Crippen LogP contribution in [0.25, 0.3) is 0 Å². The molecule has 5 nitrogen and oxygen atoms in total. The lowest BCUT2D eigenvalue weighted by Gasteiger charge is -2.33. The maximum atomic E-state index is 12.7. The molecular weight excluding hydrogens is 302 g/mol. The molecule has 1 aliphatic heterocycles. The molecule has 0 aliphatic carbocycles. The molecule has 5 heteroatoms. The highest BCUT2D eigenvalue weighted by atomic mass is 16.2. The molecule has 0 spiro atoms. The first-order valence-corrected chi connectivity index (χ1v) is 8.44. The van der Waals surface area contributed by atoms with E-state index >= 15 is 0 Å². The molecule has 0 radical (unpaired) electrons. The van der Waals surface area contributed by atoms with Crippen LogP contribution < -0.4 is 10.6 Å². The number of terminal acetylenes is 1. The molecule has 24 heavy (non-hydrogen) atoms. The van der Waals surface area contributed by atoms with Gasteiger partial charge in [-0.05, 0) is 50.9 Å². The van der Waals surface area contributed by atoms with Gasteiger partial charge in [0.15, 0.2) is 0 Å². The third-order valence-corrected chi connectivity index (χ3v) is 4.31. The molecule has 2 N–H and O–H groups in total. The van der Waals surface area contributed by atoms with E-state index in [4.69, 9.17) is 6.42 Å². The van der Waals surface area contributed by atoms with Crippen molar-refractivity contribution in [3.05, 3.63) is 29.3 Å². The van der Waals surface area contributed by atoms with Gasteiger partial charge < -0.3 is 10.6 Å². The Bertz CT molecular complexity index is 649. The molecular formula is C19H25N3O2. The molecule has 1 atom stereocenters. The van der Waals surface area contributed by atoms with Crippen LogP contribution in [0.15, 0.2) is 18.2 Å². The van der Waals surface area contributed by atoms with Crippen LogP contribution in [-0.2, 0) is 4.79 Å². The van der Waals surface area contributed by atoms with E-state index in [1.807, 2.05) is 24.8 Å². The predicted octanol–water partition coefficient (Wildman–Crippen LogP) is 2.17. The van der Waals surface area contributed by atoms with Gasteiger partial charge in [-0.1, -0.05) is 18.4 Å². The van der Waals surface area contributed by atoms with Crippen molar-refractivity contribution >= 4 is 17.5 Å². The Morgan fingerprint density at radius 2 is 2.17 bits per heavy atom. The molecule has 1 aromatic rings. The molecule has 1 aliphatic rings. The number of amides is 2. The Hall–Kier alpha value is -2.32. The second kappa shape index (κ2) is 8.51. The molecule has 1 heterocycles. The van der Waals surface area contributed by atoms with E-state index in [9.17, 15) is 9.59 Å². The smallest absolute Gasteiger partial charge is 0.251 e. The summed E-state index contributed by atoms with van der Waals surface area (Å²) in [4.78, 5) is 26.7. The van der Waals surface area contributed by atoms with Crippen molar-refractivity contribution in [2.75, 3.05) is 25.0 Å². The fourth-order valence-electron chi connectivity index (χ4n) is 2.97. The Kier molecular flexibility index (Phi) is 6.39. The number of benzene rings is 1. The molecule has 2 amide bonds. The maximum absolute atomic E-state index is 12.7. The van der Waals surface area contributed by atoms with Gasteiger partial charge in [-0.3, -0.25) is 14.5 Å². The van der Waals surface area contributed by atoms with E-state index in [-0.39, 0.29) is 17.9 Å². The minimum absolute atomic E-state index is 0.0545. The highest BCUT2D eigenvalue weighted by molar-refractivity contribution is 5.99. The molecule has 1 aromatic carbocycles. The number of hydrogen-bond acceptors (Lipinski definition) is 3. The molecule has 0 bridgehead atoms. The van der Waals surface area contributed by atoms with E-state index in [1.54, 1.807) is 12.1 Å². The molecule has 0 saturated carbocycles. The zero-order valence-electron chi connectivity index (χ0n) is 14.4. The minimum Gasteiger partial charge on any atom is -0.352 e. The van der Waals surface area contributed by atoms with Crippen molar-refractivity contribution in [3.63, 3.8) is 0 Å². The number of carbonyl (C=O) groups is 2. The summed E-state index contributed by atoms with van der Waals surface area (Å²) in [5.41, 5.74) is 2.15. The monoisotopic (exact) mass is 327 g/mol. The second-order valence-electron chi connectivity index (χ2n) is 6.06. The van der Waals surface area contributed by atoms with Crippen molar-refractivity contribution < 1.29 is 9.59 Å². The predicted molar refractivity (Wildman–Crippen MR) is 95.9 cm³/mol. The number of aryl methyl sites for hydroxylation is 1. The third kappa shape index (κ3) is 4.36. The van der Waals surface area contributed by atoms with E-state index in [0.717, 1.165) is 31.4 Å². The summed E-state index contributed by atoms with van der Waals surface area (Å²) in [7, 11) is 0. The summed E-state index contributed by atoms with van der Waals surface area (Å²) in [6.45, 7) is 5.68. The molecule has 0 unspecified atom stereocenters. The topological polar surface area (TPSA) is 61.4 Å². The number of carbonyl (C=O) groups excluding carboxylic acids is 2. The van der Waals surface area contributed by atoms with E-state index in [0.29, 0.717) is 24.3 Å². The summed E-state index contributed by atoms with van der Waals surface area (Å²) in [6.07, 6.45) is 8.31. The number of rotatable bonds is 5.